The second-order valence-electron chi connectivity index (χ2n) is 10.6. The molecule has 44 heavy (non-hydrogen) atoms. The number of carbonyl (C=O) groups excluding carboxylic acids is 3. The first-order chi connectivity index (χ1) is 21.4. The zero-order chi connectivity index (χ0) is 31.1. The van der Waals surface area contributed by atoms with Crippen LogP contribution in [0.25, 0.3) is 21.3 Å². The van der Waals surface area contributed by atoms with E-state index in [1.54, 1.807) is 35.4 Å². The Bertz CT molecular complexity index is 1630. The lowest BCUT2D eigenvalue weighted by Crippen LogP contribution is -2.48. The van der Waals surface area contributed by atoms with E-state index >= 15 is 0 Å². The standard InChI is InChI=1S/C34H34N4O4S2/c1-4-19-42-25-15-13-24(14-16-25)30(36-31(40)22(3)5-2)34(41)38-18-9-12-26(38)27(39)21-28-29(23-10-7-6-8-11-23)37-33(44-28)32-35-17-20-43-32/h1,6-8,10-11,13-17,20,22,26,30H,5,9,12,18-19,21H2,2-3H3,(H,36,40)/t22-,26+,30+/m1/s1. The van der Waals surface area contributed by atoms with Crippen molar-refractivity contribution < 1.29 is 19.1 Å². The Balaban J connectivity index is 1.40. The Morgan fingerprint density at radius 1 is 1.14 bits per heavy atom. The van der Waals surface area contributed by atoms with Gasteiger partial charge in [-0.25, -0.2) is 9.97 Å². The maximum Gasteiger partial charge on any atom is 0.250 e. The van der Waals surface area contributed by atoms with Gasteiger partial charge in [0, 0.05) is 40.9 Å². The molecule has 1 aliphatic rings. The molecule has 0 radical (unpaired) electrons. The number of ketones is 1. The van der Waals surface area contributed by atoms with Gasteiger partial charge in [0.1, 0.15) is 18.4 Å². The molecular weight excluding hydrogens is 593 g/mol. The summed E-state index contributed by atoms with van der Waals surface area (Å²) in [6, 6.07) is 15.2. The van der Waals surface area contributed by atoms with Crippen molar-refractivity contribution in [3.05, 3.63) is 76.6 Å². The molecule has 1 fully saturated rings. The number of hydrogen-bond donors (Lipinski definition) is 1. The monoisotopic (exact) mass is 626 g/mol. The highest BCUT2D eigenvalue weighted by molar-refractivity contribution is 7.21. The minimum Gasteiger partial charge on any atom is -0.481 e. The second-order valence-corrected chi connectivity index (χ2v) is 12.6. The van der Waals surface area contributed by atoms with Gasteiger partial charge in [-0.1, -0.05) is 62.2 Å². The van der Waals surface area contributed by atoms with Crippen LogP contribution in [-0.2, 0) is 20.8 Å². The Hall–Kier alpha value is -4.33. The fourth-order valence-corrected chi connectivity index (χ4v) is 6.93. The molecule has 3 heterocycles. The number of ether oxygens (including phenoxy) is 1. The molecule has 1 N–H and O–H groups in total. The summed E-state index contributed by atoms with van der Waals surface area (Å²) >= 11 is 2.97. The molecule has 0 bridgehead atoms. The Kier molecular flexibility index (Phi) is 10.2. The molecule has 226 valence electrons. The number of aromatic nitrogens is 2. The van der Waals surface area contributed by atoms with Crippen molar-refractivity contribution in [2.75, 3.05) is 13.2 Å². The lowest BCUT2D eigenvalue weighted by molar-refractivity contribution is -0.141. The van der Waals surface area contributed by atoms with Crippen molar-refractivity contribution in [3.8, 4) is 39.4 Å². The first-order valence-corrected chi connectivity index (χ1v) is 16.3. The summed E-state index contributed by atoms with van der Waals surface area (Å²) in [4.78, 5) is 52.9. The third-order valence-electron chi connectivity index (χ3n) is 7.73. The number of thiazole rings is 2. The van der Waals surface area contributed by atoms with Gasteiger partial charge in [-0.05, 0) is 37.0 Å². The molecule has 2 amide bonds. The molecule has 4 aromatic rings. The summed E-state index contributed by atoms with van der Waals surface area (Å²) in [7, 11) is 0. The molecule has 2 aromatic heterocycles. The number of rotatable bonds is 12. The van der Waals surface area contributed by atoms with Gasteiger partial charge in [-0.3, -0.25) is 14.4 Å². The minimum absolute atomic E-state index is 0.0487. The number of Topliss-reactive ketones (excluding diaryl/α,β-unsaturated/α-hetero) is 1. The molecular formula is C34H34N4O4S2. The number of hydrogen-bond acceptors (Lipinski definition) is 8. The first-order valence-electron chi connectivity index (χ1n) is 14.6. The van der Waals surface area contributed by atoms with Gasteiger partial charge in [0.05, 0.1) is 11.7 Å². The predicted molar refractivity (Wildman–Crippen MR) is 173 cm³/mol. The average Bonchev–Trinajstić information content (AvgIpc) is 3.84. The van der Waals surface area contributed by atoms with E-state index in [0.29, 0.717) is 37.1 Å². The van der Waals surface area contributed by atoms with Crippen LogP contribution in [0.1, 0.15) is 49.6 Å². The normalized spacial score (nSPS) is 15.8. The van der Waals surface area contributed by atoms with E-state index < -0.39 is 12.1 Å². The number of likely N-dealkylation sites (tertiary alicyclic amines) is 1. The Labute approximate surface area is 265 Å². The summed E-state index contributed by atoms with van der Waals surface area (Å²) in [5.74, 6) is 2.16. The molecule has 0 aliphatic carbocycles. The van der Waals surface area contributed by atoms with Gasteiger partial charge in [-0.15, -0.1) is 29.1 Å². The lowest BCUT2D eigenvalue weighted by atomic mass is 10.0. The van der Waals surface area contributed by atoms with E-state index in [1.807, 2.05) is 49.6 Å². The van der Waals surface area contributed by atoms with Crippen LogP contribution in [0, 0.1) is 18.3 Å². The van der Waals surface area contributed by atoms with Crippen molar-refractivity contribution in [1.29, 1.82) is 0 Å². The predicted octanol–water partition coefficient (Wildman–Crippen LogP) is 5.95. The molecule has 0 spiro atoms. The van der Waals surface area contributed by atoms with Gasteiger partial charge in [0.15, 0.2) is 15.8 Å². The van der Waals surface area contributed by atoms with Crippen LogP contribution in [0.2, 0.25) is 0 Å². The van der Waals surface area contributed by atoms with E-state index in [-0.39, 0.29) is 36.5 Å². The summed E-state index contributed by atoms with van der Waals surface area (Å²) < 4.78 is 5.49. The molecule has 10 heteroatoms. The molecule has 2 aromatic carbocycles. The molecule has 8 nitrogen and oxygen atoms in total. The summed E-state index contributed by atoms with van der Waals surface area (Å²) in [6.45, 7) is 4.32. The van der Waals surface area contributed by atoms with Crippen LogP contribution in [0.15, 0.2) is 66.2 Å². The van der Waals surface area contributed by atoms with E-state index in [2.05, 4.69) is 16.2 Å². The van der Waals surface area contributed by atoms with E-state index in [4.69, 9.17) is 16.1 Å². The summed E-state index contributed by atoms with van der Waals surface area (Å²) in [6.07, 6.45) is 9.09. The number of nitrogens with zero attached hydrogens (tertiary/aromatic N) is 3. The van der Waals surface area contributed by atoms with Crippen molar-refractivity contribution in [2.45, 2.75) is 51.6 Å². The van der Waals surface area contributed by atoms with Crippen LogP contribution in [-0.4, -0.2) is 51.7 Å². The third kappa shape index (κ3) is 7.07. The number of amides is 2. The molecule has 3 atom stereocenters. The van der Waals surface area contributed by atoms with Crippen LogP contribution in [0.4, 0.5) is 0 Å². The fourth-order valence-electron chi connectivity index (χ4n) is 5.16. The van der Waals surface area contributed by atoms with E-state index in [1.165, 1.54) is 22.7 Å². The van der Waals surface area contributed by atoms with Crippen molar-refractivity contribution in [1.82, 2.24) is 20.2 Å². The van der Waals surface area contributed by atoms with Gasteiger partial charge in [0.25, 0.3) is 0 Å². The summed E-state index contributed by atoms with van der Waals surface area (Å²) in [5, 5.41) is 6.43. The minimum atomic E-state index is -0.939. The lowest BCUT2D eigenvalue weighted by Gasteiger charge is -2.29. The summed E-state index contributed by atoms with van der Waals surface area (Å²) in [5.41, 5.74) is 2.30. The van der Waals surface area contributed by atoms with Crippen LogP contribution < -0.4 is 10.1 Å². The van der Waals surface area contributed by atoms with Crippen LogP contribution in [0.5, 0.6) is 5.75 Å². The molecule has 1 aliphatic heterocycles. The zero-order valence-corrected chi connectivity index (χ0v) is 26.3. The van der Waals surface area contributed by atoms with Crippen LogP contribution in [0.3, 0.4) is 0 Å². The van der Waals surface area contributed by atoms with Gasteiger partial charge < -0.3 is 15.0 Å². The van der Waals surface area contributed by atoms with E-state index in [9.17, 15) is 14.4 Å². The SMILES string of the molecule is C#CCOc1ccc([C@H](NC(=O)[C@H](C)CC)C(=O)N2CCC[C@H]2C(=O)Cc2sc(-c3nccs3)nc2-c2ccccc2)cc1. The smallest absolute Gasteiger partial charge is 0.250 e. The molecule has 5 rings (SSSR count). The topological polar surface area (TPSA) is 101 Å². The Morgan fingerprint density at radius 3 is 2.59 bits per heavy atom. The first kappa shape index (κ1) is 31.1. The van der Waals surface area contributed by atoms with Gasteiger partial charge >= 0.3 is 0 Å². The number of nitrogens with one attached hydrogen (secondary N) is 1. The van der Waals surface area contributed by atoms with Gasteiger partial charge in [-0.2, -0.15) is 0 Å². The third-order valence-corrected chi connectivity index (χ3v) is 9.70. The quantitative estimate of drug-likeness (QED) is 0.195. The highest BCUT2D eigenvalue weighted by atomic mass is 32.1. The Morgan fingerprint density at radius 2 is 1.91 bits per heavy atom. The highest BCUT2D eigenvalue weighted by Gasteiger charge is 2.39. The maximum atomic E-state index is 14.1. The zero-order valence-electron chi connectivity index (χ0n) is 24.7. The average molecular weight is 627 g/mol. The number of carbonyl (C=O) groups is 3. The van der Waals surface area contributed by atoms with Crippen molar-refractivity contribution >= 4 is 40.3 Å². The van der Waals surface area contributed by atoms with Gasteiger partial charge in [0.2, 0.25) is 11.8 Å². The molecule has 0 unspecified atom stereocenters. The maximum absolute atomic E-state index is 14.1. The highest BCUT2D eigenvalue weighted by Crippen LogP contribution is 2.36. The fraction of sp³-hybridized carbons (Fsp3) is 0.324. The largest absolute Gasteiger partial charge is 0.481 e. The molecule has 0 saturated carbocycles. The molecule has 1 saturated heterocycles. The van der Waals surface area contributed by atoms with E-state index in [0.717, 1.165) is 26.1 Å². The van der Waals surface area contributed by atoms with Crippen molar-refractivity contribution in [3.63, 3.8) is 0 Å². The second kappa shape index (κ2) is 14.4. The number of benzene rings is 2. The number of terminal acetylenes is 1. The van der Waals surface area contributed by atoms with Crippen molar-refractivity contribution in [2.24, 2.45) is 5.92 Å². The van der Waals surface area contributed by atoms with Crippen LogP contribution >= 0.6 is 22.7 Å².